The van der Waals surface area contributed by atoms with Crippen LogP contribution in [-0.2, 0) is 0 Å². The maximum Gasteiger partial charge on any atom is -0.0189 e. The summed E-state index contributed by atoms with van der Waals surface area (Å²) < 4.78 is 0. The van der Waals surface area contributed by atoms with Crippen molar-refractivity contribution in [2.75, 3.05) is 0 Å². The second-order valence-electron chi connectivity index (χ2n) is 1.76. The molecule has 0 aromatic rings. The third-order valence-corrected chi connectivity index (χ3v) is 1.05. The third kappa shape index (κ3) is 3.35. The summed E-state index contributed by atoms with van der Waals surface area (Å²) in [6, 6.07) is 0. The van der Waals surface area contributed by atoms with E-state index in [0.717, 1.165) is 0 Å². The summed E-state index contributed by atoms with van der Waals surface area (Å²) in [5, 5.41) is 0. The first kappa shape index (κ1) is 6.52. The number of hydrogen-bond acceptors (Lipinski definition) is 0. The van der Waals surface area contributed by atoms with Crippen molar-refractivity contribution >= 4 is 0 Å². The van der Waals surface area contributed by atoms with Gasteiger partial charge in [0.05, 0.1) is 0 Å². The summed E-state index contributed by atoms with van der Waals surface area (Å²) in [7, 11) is 0. The zero-order valence-electron chi connectivity index (χ0n) is 5.07. The molecule has 0 heteroatoms. The molecule has 0 aromatic carbocycles. The Labute approximate surface area is 45.5 Å². The van der Waals surface area contributed by atoms with Crippen LogP contribution in [0.3, 0.4) is 0 Å². The van der Waals surface area contributed by atoms with Crippen molar-refractivity contribution in [2.24, 2.45) is 5.92 Å². The molecule has 0 saturated heterocycles. The van der Waals surface area contributed by atoms with E-state index in [9.17, 15) is 0 Å². The smallest absolute Gasteiger partial charge is 0.0189 e. The van der Waals surface area contributed by atoms with Gasteiger partial charge in [-0.2, -0.15) is 0 Å². The lowest BCUT2D eigenvalue weighted by Gasteiger charge is -1.93. The van der Waals surface area contributed by atoms with E-state index in [1.807, 2.05) is 6.08 Å². The van der Waals surface area contributed by atoms with E-state index in [1.54, 1.807) is 0 Å². The second-order valence-corrected chi connectivity index (χ2v) is 1.76. The normalized spacial score (nSPS) is 12.3. The molecular formula is C7H12. The number of allylic oxidation sites excluding steroid dienone is 1. The fourth-order valence-electron chi connectivity index (χ4n) is 0.319. The van der Waals surface area contributed by atoms with E-state index in [-0.39, 0.29) is 0 Å². The molecule has 0 bridgehead atoms. The Kier molecular flexibility index (Phi) is 3.45. The van der Waals surface area contributed by atoms with Crippen molar-refractivity contribution in [3.63, 3.8) is 0 Å². The van der Waals surface area contributed by atoms with Crippen LogP contribution >= 0.6 is 0 Å². The van der Waals surface area contributed by atoms with E-state index in [4.69, 9.17) is 0 Å². The minimum absolute atomic E-state index is 0.650. The van der Waals surface area contributed by atoms with Gasteiger partial charge in [-0.15, -0.1) is 5.73 Å². The summed E-state index contributed by atoms with van der Waals surface area (Å²) in [4.78, 5) is 0. The highest BCUT2D eigenvalue weighted by molar-refractivity contribution is 4.80. The molecule has 1 unspecified atom stereocenters. The molecule has 1 atom stereocenters. The van der Waals surface area contributed by atoms with Crippen LogP contribution < -0.4 is 0 Å². The Balaban J connectivity index is 3.35. The van der Waals surface area contributed by atoms with Gasteiger partial charge >= 0.3 is 0 Å². The highest BCUT2D eigenvalue weighted by atomic mass is 13.9. The molecule has 0 aliphatic heterocycles. The molecule has 0 saturated carbocycles. The Morgan fingerprint density at radius 1 is 1.86 bits per heavy atom. The van der Waals surface area contributed by atoms with Gasteiger partial charge in [0.25, 0.3) is 0 Å². The molecule has 0 aliphatic carbocycles. The Bertz CT molecular complexity index is 76.0. The van der Waals surface area contributed by atoms with Crippen molar-refractivity contribution in [3.8, 4) is 0 Å². The molecule has 0 spiro atoms. The van der Waals surface area contributed by atoms with Gasteiger partial charge in [-0.1, -0.05) is 20.4 Å². The van der Waals surface area contributed by atoms with Crippen molar-refractivity contribution in [3.05, 3.63) is 18.4 Å². The highest BCUT2D eigenvalue weighted by Crippen LogP contribution is 1.98. The quantitative estimate of drug-likeness (QED) is 0.463. The zero-order valence-corrected chi connectivity index (χ0v) is 5.07. The van der Waals surface area contributed by atoms with Crippen molar-refractivity contribution < 1.29 is 0 Å². The molecule has 0 heterocycles. The average molecular weight is 96.2 g/mol. The number of rotatable bonds is 2. The van der Waals surface area contributed by atoms with Crippen LogP contribution in [0.4, 0.5) is 0 Å². The Morgan fingerprint density at radius 3 is 2.57 bits per heavy atom. The van der Waals surface area contributed by atoms with Gasteiger partial charge in [0.1, 0.15) is 0 Å². The Hall–Kier alpha value is -0.480. The molecule has 7 heavy (non-hydrogen) atoms. The van der Waals surface area contributed by atoms with E-state index in [1.165, 1.54) is 6.42 Å². The van der Waals surface area contributed by atoms with E-state index < -0.39 is 0 Å². The summed E-state index contributed by atoms with van der Waals surface area (Å²) in [5.74, 6) is 0.650. The standard InChI is InChI=1S/C7H12/c1-4-6-7(3)5-2/h6-7H,1,5H2,2-3H3. The lowest BCUT2D eigenvalue weighted by Crippen LogP contribution is -1.81. The fraction of sp³-hybridized carbons (Fsp3) is 0.571. The van der Waals surface area contributed by atoms with Crippen LogP contribution in [0.2, 0.25) is 0 Å². The first-order valence-corrected chi connectivity index (χ1v) is 2.67. The summed E-state index contributed by atoms with van der Waals surface area (Å²) in [6.07, 6.45) is 3.17. The summed E-state index contributed by atoms with van der Waals surface area (Å²) in [5.41, 5.74) is 2.74. The average Bonchev–Trinajstić information content (AvgIpc) is 1.68. The minimum Gasteiger partial charge on any atom is -0.133 e. The first-order chi connectivity index (χ1) is 3.31. The molecule has 0 rings (SSSR count). The first-order valence-electron chi connectivity index (χ1n) is 2.67. The lowest BCUT2D eigenvalue weighted by molar-refractivity contribution is 0.699. The zero-order chi connectivity index (χ0) is 5.70. The topological polar surface area (TPSA) is 0 Å². The predicted octanol–water partition coefficient (Wildman–Crippen LogP) is 2.37. The molecule has 0 radical (unpaired) electrons. The van der Waals surface area contributed by atoms with E-state index in [2.05, 4.69) is 26.2 Å². The predicted molar refractivity (Wildman–Crippen MR) is 33.2 cm³/mol. The van der Waals surface area contributed by atoms with Gasteiger partial charge in [-0.25, -0.2) is 0 Å². The largest absolute Gasteiger partial charge is 0.133 e. The van der Waals surface area contributed by atoms with Crippen LogP contribution in [0.15, 0.2) is 18.4 Å². The summed E-state index contributed by atoms with van der Waals surface area (Å²) >= 11 is 0. The monoisotopic (exact) mass is 96.1 g/mol. The number of hydrogen-bond donors (Lipinski definition) is 0. The van der Waals surface area contributed by atoms with Crippen molar-refractivity contribution in [2.45, 2.75) is 20.3 Å². The van der Waals surface area contributed by atoms with Gasteiger partial charge in [-0.05, 0) is 18.4 Å². The maximum atomic E-state index is 3.47. The van der Waals surface area contributed by atoms with Gasteiger partial charge < -0.3 is 0 Å². The molecular weight excluding hydrogens is 84.1 g/mol. The molecule has 40 valence electrons. The lowest BCUT2D eigenvalue weighted by atomic mass is 10.1. The molecule has 0 aliphatic rings. The maximum absolute atomic E-state index is 3.47. The molecule has 0 aromatic heterocycles. The molecule has 0 N–H and O–H groups in total. The van der Waals surface area contributed by atoms with E-state index >= 15 is 0 Å². The van der Waals surface area contributed by atoms with E-state index in [0.29, 0.717) is 5.92 Å². The molecule has 0 nitrogen and oxygen atoms in total. The van der Waals surface area contributed by atoms with Crippen molar-refractivity contribution in [1.29, 1.82) is 0 Å². The van der Waals surface area contributed by atoms with Crippen LogP contribution in [-0.4, -0.2) is 0 Å². The second kappa shape index (κ2) is 3.70. The SMILES string of the molecule is C=C=CC(C)CC. The van der Waals surface area contributed by atoms with Crippen molar-refractivity contribution in [1.82, 2.24) is 0 Å². The van der Waals surface area contributed by atoms with Gasteiger partial charge in [0, 0.05) is 0 Å². The van der Waals surface area contributed by atoms with Gasteiger partial charge in [0.2, 0.25) is 0 Å². The van der Waals surface area contributed by atoms with Gasteiger partial charge in [0.15, 0.2) is 0 Å². The van der Waals surface area contributed by atoms with Crippen LogP contribution in [0.5, 0.6) is 0 Å². The highest BCUT2D eigenvalue weighted by Gasteiger charge is 1.86. The fourth-order valence-corrected chi connectivity index (χ4v) is 0.319. The Morgan fingerprint density at radius 2 is 2.43 bits per heavy atom. The van der Waals surface area contributed by atoms with Crippen LogP contribution in [0.1, 0.15) is 20.3 Å². The van der Waals surface area contributed by atoms with Crippen LogP contribution in [0.25, 0.3) is 0 Å². The summed E-state index contributed by atoms with van der Waals surface area (Å²) in [6.45, 7) is 7.77. The third-order valence-electron chi connectivity index (χ3n) is 1.05. The van der Waals surface area contributed by atoms with Gasteiger partial charge in [-0.3, -0.25) is 0 Å². The molecule has 0 fully saturated rings. The minimum atomic E-state index is 0.650. The van der Waals surface area contributed by atoms with Crippen LogP contribution in [0, 0.1) is 5.92 Å². The molecule has 0 amide bonds.